The van der Waals surface area contributed by atoms with Gasteiger partial charge in [-0.15, -0.1) is 0 Å². The molecule has 2 N–H and O–H groups in total. The molecule has 0 radical (unpaired) electrons. The number of hydrogen-bond donors (Lipinski definition) is 1. The summed E-state index contributed by atoms with van der Waals surface area (Å²) in [5.41, 5.74) is 10.0. The fourth-order valence-electron chi connectivity index (χ4n) is 2.22. The van der Waals surface area contributed by atoms with E-state index in [0.29, 0.717) is 0 Å². The number of rotatable bonds is 2. The van der Waals surface area contributed by atoms with Crippen molar-refractivity contribution in [2.45, 2.75) is 32.4 Å². The van der Waals surface area contributed by atoms with Gasteiger partial charge >= 0.3 is 0 Å². The van der Waals surface area contributed by atoms with E-state index >= 15 is 0 Å². The molecule has 0 amide bonds. The number of ether oxygens (including phenoxy) is 1. The van der Waals surface area contributed by atoms with Crippen molar-refractivity contribution in [3.8, 4) is 0 Å². The van der Waals surface area contributed by atoms with Crippen molar-refractivity contribution in [3.63, 3.8) is 0 Å². The Hall–Kier alpha value is -1.12. The lowest BCUT2D eigenvalue weighted by molar-refractivity contribution is 0.0340. The van der Waals surface area contributed by atoms with Gasteiger partial charge in [-0.25, -0.2) is 0 Å². The maximum Gasteiger partial charge on any atom is 0.101 e. The number of allylic oxidation sites excluding steroid dienone is 1. The maximum atomic E-state index is 6.16. The first-order valence-corrected chi connectivity index (χ1v) is 5.78. The van der Waals surface area contributed by atoms with Gasteiger partial charge in [0.25, 0.3) is 0 Å². The van der Waals surface area contributed by atoms with E-state index in [2.05, 4.69) is 44.2 Å². The molecular weight excluding hydrogens is 198 g/mol. The molecule has 0 saturated carbocycles. The molecule has 0 aromatic heterocycles. The molecule has 2 unspecified atom stereocenters. The van der Waals surface area contributed by atoms with E-state index in [0.717, 1.165) is 13.0 Å². The third-order valence-electron chi connectivity index (χ3n) is 2.91. The Morgan fingerprint density at radius 1 is 1.44 bits per heavy atom. The van der Waals surface area contributed by atoms with Crippen LogP contribution in [-0.4, -0.2) is 12.6 Å². The van der Waals surface area contributed by atoms with Crippen LogP contribution in [0.4, 0.5) is 0 Å². The standard InChI is InChI=1S/C14H19NO/c1-10(2)9-13(15)14-12-6-4-3-5-11(12)7-8-16-14/h3-6,9,13-14H,7-8,15H2,1-2H3. The minimum atomic E-state index is -0.0496. The summed E-state index contributed by atoms with van der Waals surface area (Å²) >= 11 is 0. The Bertz CT molecular complexity index is 393. The zero-order valence-corrected chi connectivity index (χ0v) is 9.94. The molecule has 2 atom stereocenters. The Morgan fingerprint density at radius 3 is 2.94 bits per heavy atom. The Labute approximate surface area is 97.1 Å². The summed E-state index contributed by atoms with van der Waals surface area (Å²) < 4.78 is 5.80. The SMILES string of the molecule is CC(C)=CC(N)C1OCCc2ccccc21. The molecule has 1 aromatic rings. The molecule has 2 rings (SSSR count). The van der Waals surface area contributed by atoms with Gasteiger partial charge in [0.1, 0.15) is 6.10 Å². The van der Waals surface area contributed by atoms with Gasteiger partial charge < -0.3 is 10.5 Å². The summed E-state index contributed by atoms with van der Waals surface area (Å²) in [4.78, 5) is 0. The second-order valence-corrected chi connectivity index (χ2v) is 4.56. The lowest BCUT2D eigenvalue weighted by Gasteiger charge is -2.29. The van der Waals surface area contributed by atoms with Gasteiger partial charge in [0.15, 0.2) is 0 Å². The molecule has 0 fully saturated rings. The van der Waals surface area contributed by atoms with Crippen molar-refractivity contribution >= 4 is 0 Å². The summed E-state index contributed by atoms with van der Waals surface area (Å²) in [6, 6.07) is 8.37. The molecule has 1 heterocycles. The molecule has 0 aliphatic carbocycles. The highest BCUT2D eigenvalue weighted by Gasteiger charge is 2.24. The van der Waals surface area contributed by atoms with Crippen molar-refractivity contribution in [1.29, 1.82) is 0 Å². The highest BCUT2D eigenvalue weighted by molar-refractivity contribution is 5.32. The largest absolute Gasteiger partial charge is 0.371 e. The Balaban J connectivity index is 2.28. The van der Waals surface area contributed by atoms with Crippen molar-refractivity contribution in [2.75, 3.05) is 6.61 Å². The van der Waals surface area contributed by atoms with E-state index < -0.39 is 0 Å². The van der Waals surface area contributed by atoms with Crippen LogP contribution in [0, 0.1) is 0 Å². The zero-order valence-electron chi connectivity index (χ0n) is 9.94. The normalized spacial score (nSPS) is 21.1. The highest BCUT2D eigenvalue weighted by Crippen LogP contribution is 2.29. The first-order chi connectivity index (χ1) is 7.68. The molecule has 1 aromatic carbocycles. The molecular formula is C14H19NO. The van der Waals surface area contributed by atoms with Crippen LogP contribution in [0.15, 0.2) is 35.9 Å². The quantitative estimate of drug-likeness (QED) is 0.773. The third-order valence-corrected chi connectivity index (χ3v) is 2.91. The fourth-order valence-corrected chi connectivity index (χ4v) is 2.22. The second-order valence-electron chi connectivity index (χ2n) is 4.56. The molecule has 0 saturated heterocycles. The van der Waals surface area contributed by atoms with Gasteiger partial charge in [0.05, 0.1) is 12.6 Å². The highest BCUT2D eigenvalue weighted by atomic mass is 16.5. The van der Waals surface area contributed by atoms with Crippen LogP contribution in [0.2, 0.25) is 0 Å². The summed E-state index contributed by atoms with van der Waals surface area (Å²) in [6.07, 6.45) is 3.08. The zero-order chi connectivity index (χ0) is 11.5. The lowest BCUT2D eigenvalue weighted by atomic mass is 9.93. The second kappa shape index (κ2) is 4.81. The van der Waals surface area contributed by atoms with Crippen LogP contribution >= 0.6 is 0 Å². The van der Waals surface area contributed by atoms with Crippen molar-refractivity contribution in [2.24, 2.45) is 5.73 Å². The first kappa shape index (κ1) is 11.4. The van der Waals surface area contributed by atoms with E-state index in [4.69, 9.17) is 10.5 Å². The van der Waals surface area contributed by atoms with E-state index in [-0.39, 0.29) is 12.1 Å². The van der Waals surface area contributed by atoms with E-state index in [9.17, 15) is 0 Å². The monoisotopic (exact) mass is 217 g/mol. The summed E-state index contributed by atoms with van der Waals surface area (Å²) in [6.45, 7) is 4.90. The van der Waals surface area contributed by atoms with Crippen molar-refractivity contribution in [1.82, 2.24) is 0 Å². The summed E-state index contributed by atoms with van der Waals surface area (Å²) in [7, 11) is 0. The minimum Gasteiger partial charge on any atom is -0.371 e. The minimum absolute atomic E-state index is 0.0137. The van der Waals surface area contributed by atoms with Crippen LogP contribution in [0.5, 0.6) is 0 Å². The number of benzene rings is 1. The van der Waals surface area contributed by atoms with Crippen molar-refractivity contribution < 1.29 is 4.74 Å². The molecule has 1 aliphatic heterocycles. The first-order valence-electron chi connectivity index (χ1n) is 5.78. The Morgan fingerprint density at radius 2 is 2.19 bits per heavy atom. The predicted molar refractivity (Wildman–Crippen MR) is 66.2 cm³/mol. The molecule has 0 bridgehead atoms. The number of nitrogens with two attached hydrogens (primary N) is 1. The average Bonchev–Trinajstić information content (AvgIpc) is 2.27. The van der Waals surface area contributed by atoms with Crippen LogP contribution < -0.4 is 5.73 Å². The molecule has 2 heteroatoms. The van der Waals surface area contributed by atoms with E-state index in [1.807, 2.05) is 0 Å². The number of hydrogen-bond acceptors (Lipinski definition) is 2. The molecule has 1 aliphatic rings. The number of fused-ring (bicyclic) bond motifs is 1. The van der Waals surface area contributed by atoms with Gasteiger partial charge in [-0.2, -0.15) is 0 Å². The molecule has 0 spiro atoms. The van der Waals surface area contributed by atoms with Crippen LogP contribution in [0.3, 0.4) is 0 Å². The summed E-state index contributed by atoms with van der Waals surface area (Å²) in [5.74, 6) is 0. The molecule has 86 valence electrons. The fraction of sp³-hybridized carbons (Fsp3) is 0.429. The van der Waals surface area contributed by atoms with Crippen molar-refractivity contribution in [3.05, 3.63) is 47.0 Å². The smallest absolute Gasteiger partial charge is 0.101 e. The van der Waals surface area contributed by atoms with Gasteiger partial charge in [0.2, 0.25) is 0 Å². The molecule has 16 heavy (non-hydrogen) atoms. The predicted octanol–water partition coefficient (Wildman–Crippen LogP) is 2.59. The van der Waals surface area contributed by atoms with Crippen LogP contribution in [0.25, 0.3) is 0 Å². The lowest BCUT2D eigenvalue weighted by Crippen LogP contribution is -2.32. The van der Waals surface area contributed by atoms with E-state index in [1.165, 1.54) is 16.7 Å². The molecule has 2 nitrogen and oxygen atoms in total. The van der Waals surface area contributed by atoms with Gasteiger partial charge in [0, 0.05) is 0 Å². The van der Waals surface area contributed by atoms with Gasteiger partial charge in [-0.3, -0.25) is 0 Å². The van der Waals surface area contributed by atoms with E-state index in [1.54, 1.807) is 0 Å². The maximum absolute atomic E-state index is 6.16. The van der Waals surface area contributed by atoms with Gasteiger partial charge in [-0.1, -0.05) is 35.9 Å². The topological polar surface area (TPSA) is 35.2 Å². The average molecular weight is 217 g/mol. The van der Waals surface area contributed by atoms with Crippen LogP contribution in [0.1, 0.15) is 31.1 Å². The summed E-state index contributed by atoms with van der Waals surface area (Å²) in [5, 5.41) is 0. The third kappa shape index (κ3) is 2.34. The van der Waals surface area contributed by atoms with Crippen LogP contribution in [-0.2, 0) is 11.2 Å². The Kier molecular flexibility index (Phi) is 3.42. The van der Waals surface area contributed by atoms with Gasteiger partial charge in [-0.05, 0) is 31.4 Å².